The molecule has 2 heterocycles. The van der Waals surface area contributed by atoms with Crippen LogP contribution < -0.4 is 5.32 Å². The van der Waals surface area contributed by atoms with Crippen LogP contribution in [0.3, 0.4) is 0 Å². The predicted octanol–water partition coefficient (Wildman–Crippen LogP) is 4.31. The summed E-state index contributed by atoms with van der Waals surface area (Å²) in [6.45, 7) is 8.59. The fraction of sp³-hybridized carbons (Fsp3) is 0.333. The van der Waals surface area contributed by atoms with E-state index in [2.05, 4.69) is 15.1 Å². The highest BCUT2D eigenvalue weighted by molar-refractivity contribution is 7.71. The number of carbonyl (C=O) groups is 1. The minimum atomic E-state index is 0.0374. The molecule has 1 aromatic heterocycles. The van der Waals surface area contributed by atoms with Gasteiger partial charge >= 0.3 is 0 Å². The van der Waals surface area contributed by atoms with Crippen LogP contribution in [0.2, 0.25) is 0 Å². The molecule has 0 spiro atoms. The lowest BCUT2D eigenvalue weighted by Gasteiger charge is -2.34. The average molecular weight is 437 g/mol. The summed E-state index contributed by atoms with van der Waals surface area (Å²) in [7, 11) is 0. The van der Waals surface area contributed by atoms with E-state index in [9.17, 15) is 4.79 Å². The number of hydrogen-bond acceptors (Lipinski definition) is 5. The van der Waals surface area contributed by atoms with Crippen molar-refractivity contribution in [2.45, 2.75) is 20.5 Å². The summed E-state index contributed by atoms with van der Waals surface area (Å²) in [5.74, 6) is 0.822. The van der Waals surface area contributed by atoms with E-state index < -0.39 is 0 Å². The maximum absolute atomic E-state index is 12.5. The van der Waals surface area contributed by atoms with Gasteiger partial charge in [-0.05, 0) is 37.2 Å². The van der Waals surface area contributed by atoms with Crippen molar-refractivity contribution in [1.29, 1.82) is 0 Å². The maximum atomic E-state index is 12.5. The van der Waals surface area contributed by atoms with Crippen molar-refractivity contribution >= 4 is 23.8 Å². The fourth-order valence-corrected chi connectivity index (χ4v) is 4.11. The summed E-state index contributed by atoms with van der Waals surface area (Å²) >= 11 is 5.41. The molecule has 4 rings (SSSR count). The van der Waals surface area contributed by atoms with E-state index in [1.807, 2.05) is 73.1 Å². The summed E-state index contributed by atoms with van der Waals surface area (Å²) in [5, 5.41) is 3.08. The number of aryl methyl sites for hydroxylation is 2. The Morgan fingerprint density at radius 2 is 1.61 bits per heavy atom. The molecule has 0 unspecified atom stereocenters. The van der Waals surface area contributed by atoms with Crippen molar-refractivity contribution in [3.8, 4) is 11.3 Å². The number of hydrogen-bond donors (Lipinski definition) is 1. The number of oxazole rings is 1. The second kappa shape index (κ2) is 9.60. The molecule has 1 aliphatic heterocycles. The van der Waals surface area contributed by atoms with Crippen LogP contribution in [0, 0.1) is 18.7 Å². The van der Waals surface area contributed by atoms with Crippen molar-refractivity contribution < 1.29 is 9.21 Å². The van der Waals surface area contributed by atoms with Gasteiger partial charge in [-0.1, -0.05) is 48.5 Å². The largest absolute Gasteiger partial charge is 0.429 e. The van der Waals surface area contributed by atoms with Crippen molar-refractivity contribution in [1.82, 2.24) is 14.4 Å². The minimum absolute atomic E-state index is 0.0374. The number of aromatic nitrogens is 1. The molecule has 1 fully saturated rings. The molecule has 1 N–H and O–H groups in total. The van der Waals surface area contributed by atoms with E-state index >= 15 is 0 Å². The van der Waals surface area contributed by atoms with Crippen LogP contribution in [0.25, 0.3) is 11.3 Å². The number of amides is 1. The van der Waals surface area contributed by atoms with Gasteiger partial charge in [0.25, 0.3) is 4.84 Å². The number of piperazine rings is 1. The number of rotatable bonds is 6. The monoisotopic (exact) mass is 436 g/mol. The smallest absolute Gasteiger partial charge is 0.270 e. The van der Waals surface area contributed by atoms with E-state index in [0.29, 0.717) is 18.1 Å². The van der Waals surface area contributed by atoms with Crippen molar-refractivity contribution in [2.24, 2.45) is 0 Å². The molecule has 7 heteroatoms. The number of benzene rings is 2. The first-order chi connectivity index (χ1) is 15.0. The number of nitrogens with one attached hydrogen (secondary N) is 1. The Labute approximate surface area is 188 Å². The predicted molar refractivity (Wildman–Crippen MR) is 126 cm³/mol. The molecule has 31 heavy (non-hydrogen) atoms. The summed E-state index contributed by atoms with van der Waals surface area (Å²) in [6, 6.07) is 16.0. The van der Waals surface area contributed by atoms with Gasteiger partial charge in [0.15, 0.2) is 5.76 Å². The summed E-state index contributed by atoms with van der Waals surface area (Å²) < 4.78 is 7.75. The third kappa shape index (κ3) is 5.31. The Hall–Kier alpha value is -2.74. The second-order valence-corrected chi connectivity index (χ2v) is 8.40. The van der Waals surface area contributed by atoms with Crippen LogP contribution in [0.4, 0.5) is 5.69 Å². The van der Waals surface area contributed by atoms with Crippen LogP contribution in [0.1, 0.15) is 11.1 Å². The molecule has 0 saturated carbocycles. The molecule has 1 amide bonds. The molecular formula is C24H28N4O2S. The normalized spacial score (nSPS) is 15.2. The maximum Gasteiger partial charge on any atom is 0.270 e. The quantitative estimate of drug-likeness (QED) is 0.584. The van der Waals surface area contributed by atoms with Gasteiger partial charge in [-0.2, -0.15) is 0 Å². The van der Waals surface area contributed by atoms with Gasteiger partial charge in [0.2, 0.25) is 5.91 Å². The topological polar surface area (TPSA) is 53.7 Å². The van der Waals surface area contributed by atoms with Crippen LogP contribution >= 0.6 is 12.2 Å². The fourth-order valence-electron chi connectivity index (χ4n) is 3.91. The highest BCUT2D eigenvalue weighted by Gasteiger charge is 2.20. The van der Waals surface area contributed by atoms with Gasteiger partial charge < -0.3 is 9.73 Å². The molecule has 3 aromatic rings. The van der Waals surface area contributed by atoms with E-state index in [-0.39, 0.29) is 5.91 Å². The van der Waals surface area contributed by atoms with Crippen LogP contribution in [0.5, 0.6) is 0 Å². The molecule has 6 nitrogen and oxygen atoms in total. The first kappa shape index (κ1) is 21.5. The lowest BCUT2D eigenvalue weighted by Crippen LogP contribution is -2.48. The third-order valence-electron chi connectivity index (χ3n) is 5.69. The van der Waals surface area contributed by atoms with E-state index in [4.69, 9.17) is 16.6 Å². The number of nitrogens with zero attached hydrogens (tertiary/aromatic N) is 3. The standard InChI is InChI=1S/C24H28N4O2S/c1-18-7-6-8-19(2)23(18)25-22(29)16-26-11-13-27(14-12-26)17-28-15-21(30-24(28)31)20-9-4-3-5-10-20/h3-10,15H,11-14,16-17H2,1-2H3,(H,25,29). The van der Waals surface area contributed by atoms with Gasteiger partial charge in [0.05, 0.1) is 19.4 Å². The van der Waals surface area contributed by atoms with Crippen LogP contribution in [-0.2, 0) is 11.5 Å². The average Bonchev–Trinajstić information content (AvgIpc) is 3.13. The number of carbonyl (C=O) groups excluding carboxylic acids is 1. The molecule has 0 bridgehead atoms. The van der Waals surface area contributed by atoms with Crippen LogP contribution in [0.15, 0.2) is 59.1 Å². The van der Waals surface area contributed by atoms with Gasteiger partial charge in [-0.3, -0.25) is 19.2 Å². The lowest BCUT2D eigenvalue weighted by molar-refractivity contribution is -0.117. The van der Waals surface area contributed by atoms with Crippen molar-refractivity contribution in [2.75, 3.05) is 38.0 Å². The lowest BCUT2D eigenvalue weighted by atomic mass is 10.1. The zero-order chi connectivity index (χ0) is 21.8. The van der Waals surface area contributed by atoms with E-state index in [1.54, 1.807) is 0 Å². The van der Waals surface area contributed by atoms with Gasteiger partial charge in [-0.15, -0.1) is 0 Å². The molecule has 2 aromatic carbocycles. The second-order valence-electron chi connectivity index (χ2n) is 8.05. The Morgan fingerprint density at radius 3 is 2.29 bits per heavy atom. The van der Waals surface area contributed by atoms with Crippen molar-refractivity contribution in [3.05, 3.63) is 70.7 Å². The third-order valence-corrected chi connectivity index (χ3v) is 6.01. The zero-order valence-electron chi connectivity index (χ0n) is 18.0. The van der Waals surface area contributed by atoms with Gasteiger partial charge in [0, 0.05) is 37.4 Å². The molecule has 0 radical (unpaired) electrons. The van der Waals surface area contributed by atoms with Gasteiger partial charge in [0.1, 0.15) is 0 Å². The number of anilines is 1. The molecule has 1 aliphatic rings. The van der Waals surface area contributed by atoms with Crippen molar-refractivity contribution in [3.63, 3.8) is 0 Å². The first-order valence-electron chi connectivity index (χ1n) is 10.6. The first-order valence-corrected chi connectivity index (χ1v) is 11.0. The Kier molecular flexibility index (Phi) is 6.65. The van der Waals surface area contributed by atoms with Crippen LogP contribution in [-0.4, -0.2) is 53.0 Å². The molecule has 0 atom stereocenters. The van der Waals surface area contributed by atoms with E-state index in [0.717, 1.165) is 54.3 Å². The Bertz CT molecular complexity index is 1080. The summed E-state index contributed by atoms with van der Waals surface area (Å²) in [5.41, 5.74) is 4.12. The summed E-state index contributed by atoms with van der Waals surface area (Å²) in [6.07, 6.45) is 1.97. The Morgan fingerprint density at radius 1 is 0.968 bits per heavy atom. The highest BCUT2D eigenvalue weighted by Crippen LogP contribution is 2.21. The highest BCUT2D eigenvalue weighted by atomic mass is 32.1. The molecule has 162 valence electrons. The molecule has 1 saturated heterocycles. The zero-order valence-corrected chi connectivity index (χ0v) is 18.8. The van der Waals surface area contributed by atoms with E-state index in [1.165, 1.54) is 0 Å². The molecular weight excluding hydrogens is 408 g/mol. The molecule has 0 aliphatic carbocycles. The SMILES string of the molecule is Cc1cccc(C)c1NC(=O)CN1CCN(Cn2cc(-c3ccccc3)oc2=S)CC1. The minimum Gasteiger partial charge on any atom is -0.429 e. The summed E-state index contributed by atoms with van der Waals surface area (Å²) in [4.78, 5) is 17.6. The van der Waals surface area contributed by atoms with Gasteiger partial charge in [-0.25, -0.2) is 0 Å². The Balaban J connectivity index is 1.29. The number of para-hydroxylation sites is 1.